The molecule has 1 aromatic carbocycles. The van der Waals surface area contributed by atoms with Gasteiger partial charge in [-0.15, -0.1) is 0 Å². The summed E-state index contributed by atoms with van der Waals surface area (Å²) in [6.07, 6.45) is -10.0. The molecule has 6 atom stereocenters. The first-order chi connectivity index (χ1) is 17.4. The van der Waals surface area contributed by atoms with Crippen LogP contribution in [0.1, 0.15) is 47.1 Å². The van der Waals surface area contributed by atoms with Crippen molar-refractivity contribution in [3.05, 3.63) is 29.8 Å². The lowest BCUT2D eigenvalue weighted by Gasteiger charge is -2.38. The van der Waals surface area contributed by atoms with Crippen molar-refractivity contribution in [2.24, 2.45) is 0 Å². The van der Waals surface area contributed by atoms with Gasteiger partial charge in [-0.3, -0.25) is 0 Å². The lowest BCUT2D eigenvalue weighted by Crippen LogP contribution is -2.59. The average Bonchev–Trinajstić information content (AvgIpc) is 2.77. The number of rotatable bonds is 7. The molecule has 13 nitrogen and oxygen atoms in total. The van der Waals surface area contributed by atoms with E-state index >= 15 is 0 Å². The van der Waals surface area contributed by atoms with Gasteiger partial charge in [0, 0.05) is 6.42 Å². The lowest BCUT2D eigenvalue weighted by molar-refractivity contribution is -0.287. The fraction of sp³-hybridized carbons (Fsp3) is 0.640. The number of alkyl carbamates (subject to hydrolysis) is 1. The number of nitrogens with one attached hydrogen (secondary N) is 1. The van der Waals surface area contributed by atoms with E-state index in [0.29, 0.717) is 5.56 Å². The Morgan fingerprint density at radius 3 is 2.03 bits per heavy atom. The van der Waals surface area contributed by atoms with Crippen molar-refractivity contribution < 1.29 is 58.5 Å². The zero-order valence-electron chi connectivity index (χ0n) is 22.2. The zero-order chi connectivity index (χ0) is 28.8. The number of hydrogen-bond donors (Lipinski definition) is 5. The summed E-state index contributed by atoms with van der Waals surface area (Å²) in [5.41, 5.74) is -1.01. The molecule has 1 aliphatic rings. The smallest absolute Gasteiger partial charge is 0.461 e. The summed E-state index contributed by atoms with van der Waals surface area (Å²) in [6.45, 7) is 9.45. The van der Waals surface area contributed by atoms with Crippen LogP contribution in [0.4, 0.5) is 9.59 Å². The van der Waals surface area contributed by atoms with Crippen LogP contribution in [0.2, 0.25) is 0 Å². The number of amides is 1. The third kappa shape index (κ3) is 10.1. The van der Waals surface area contributed by atoms with E-state index in [2.05, 4.69) is 5.32 Å². The first kappa shape index (κ1) is 31.2. The normalized spacial score (nSPS) is 24.6. The zero-order valence-corrected chi connectivity index (χ0v) is 22.2. The van der Waals surface area contributed by atoms with Crippen LogP contribution in [0.3, 0.4) is 0 Å². The van der Waals surface area contributed by atoms with Gasteiger partial charge >= 0.3 is 18.2 Å². The summed E-state index contributed by atoms with van der Waals surface area (Å²) in [5.74, 6) is -0.721. The Labute approximate surface area is 220 Å². The Hall–Kier alpha value is -2.97. The molecule has 0 spiro atoms. The highest BCUT2D eigenvalue weighted by atomic mass is 16.7. The first-order valence-corrected chi connectivity index (χ1v) is 12.0. The minimum Gasteiger partial charge on any atom is -0.461 e. The third-order valence-corrected chi connectivity index (χ3v) is 5.01. The van der Waals surface area contributed by atoms with Gasteiger partial charge in [0.05, 0.1) is 0 Å². The molecule has 0 bridgehead atoms. The molecule has 13 heteroatoms. The number of esters is 1. The van der Waals surface area contributed by atoms with E-state index in [1.165, 1.54) is 12.1 Å². The van der Waals surface area contributed by atoms with Crippen LogP contribution in [0, 0.1) is 0 Å². The highest BCUT2D eigenvalue weighted by Crippen LogP contribution is 2.21. The van der Waals surface area contributed by atoms with Gasteiger partial charge in [0.25, 0.3) is 0 Å². The highest BCUT2D eigenvalue weighted by Gasteiger charge is 2.43. The fourth-order valence-corrected chi connectivity index (χ4v) is 3.27. The molecule has 2 rings (SSSR count). The Morgan fingerprint density at radius 1 is 0.895 bits per heavy atom. The van der Waals surface area contributed by atoms with Gasteiger partial charge in [0.1, 0.15) is 54.0 Å². The Bertz CT molecular complexity index is 953. The summed E-state index contributed by atoms with van der Waals surface area (Å²) >= 11 is 0. The minimum atomic E-state index is -1.80. The molecule has 1 heterocycles. The minimum absolute atomic E-state index is 0.0527. The monoisotopic (exact) mass is 543 g/mol. The van der Waals surface area contributed by atoms with Crippen LogP contribution in [0.15, 0.2) is 24.3 Å². The van der Waals surface area contributed by atoms with Crippen LogP contribution in [-0.4, -0.2) is 93.2 Å². The quantitative estimate of drug-likeness (QED) is 0.185. The SMILES string of the molecule is CC(C)(C)OC(=O)N[C@H](Cc1ccc(OC(=O)OC(C)(C)C)cc1)C(=O)OC[C@H]1O[C@H](O)[C@@H](O)[C@@H](O)[C@H]1O. The Morgan fingerprint density at radius 2 is 1.47 bits per heavy atom. The van der Waals surface area contributed by atoms with Gasteiger partial charge in [-0.05, 0) is 59.2 Å². The molecule has 1 amide bonds. The lowest BCUT2D eigenvalue weighted by atomic mass is 9.99. The summed E-state index contributed by atoms with van der Waals surface area (Å²) in [4.78, 5) is 37.1. The number of ether oxygens (including phenoxy) is 5. The van der Waals surface area contributed by atoms with Crippen molar-refractivity contribution in [1.82, 2.24) is 5.32 Å². The van der Waals surface area contributed by atoms with Crippen molar-refractivity contribution in [2.45, 2.75) is 95.9 Å². The maximum atomic E-state index is 12.9. The molecular formula is C25H37NO12. The second-order valence-electron chi connectivity index (χ2n) is 10.8. The van der Waals surface area contributed by atoms with Crippen LogP contribution in [0.5, 0.6) is 5.75 Å². The molecule has 1 aliphatic heterocycles. The van der Waals surface area contributed by atoms with Crippen LogP contribution < -0.4 is 10.1 Å². The maximum Gasteiger partial charge on any atom is 0.514 e. The second kappa shape index (κ2) is 12.7. The third-order valence-electron chi connectivity index (χ3n) is 5.01. The van der Waals surface area contributed by atoms with E-state index in [0.717, 1.165) is 0 Å². The van der Waals surface area contributed by atoms with Crippen molar-refractivity contribution in [3.63, 3.8) is 0 Å². The number of benzene rings is 1. The van der Waals surface area contributed by atoms with Gasteiger partial charge in [0.2, 0.25) is 0 Å². The largest absolute Gasteiger partial charge is 0.514 e. The van der Waals surface area contributed by atoms with Crippen LogP contribution in [-0.2, 0) is 30.2 Å². The standard InChI is InChI=1S/C25H37NO12/c1-24(2,3)37-22(32)26-15(20(30)34-12-16-17(27)18(28)19(29)21(31)36-16)11-13-7-9-14(10-8-13)35-23(33)38-25(4,5)6/h7-10,15-19,21,27-29,31H,11-12H2,1-6H3,(H,26,32)/t15-,16-,17+,18+,19+,21+/m1/s1. The van der Waals surface area contributed by atoms with Gasteiger partial charge in [-0.25, -0.2) is 14.4 Å². The van der Waals surface area contributed by atoms with Gasteiger partial charge < -0.3 is 49.4 Å². The Kier molecular flexibility index (Phi) is 10.5. The summed E-state index contributed by atoms with van der Waals surface area (Å²) in [5, 5.41) is 41.6. The van der Waals surface area contributed by atoms with Crippen molar-refractivity contribution >= 4 is 18.2 Å². The summed E-state index contributed by atoms with van der Waals surface area (Å²) in [7, 11) is 0. The Balaban J connectivity index is 2.08. The highest BCUT2D eigenvalue weighted by molar-refractivity contribution is 5.81. The van der Waals surface area contributed by atoms with Crippen molar-refractivity contribution in [1.29, 1.82) is 0 Å². The topological polar surface area (TPSA) is 190 Å². The molecule has 1 saturated heterocycles. The summed E-state index contributed by atoms with van der Waals surface area (Å²) in [6, 6.07) is 4.85. The molecule has 1 fully saturated rings. The summed E-state index contributed by atoms with van der Waals surface area (Å²) < 4.78 is 25.6. The predicted molar refractivity (Wildman–Crippen MR) is 130 cm³/mol. The first-order valence-electron chi connectivity index (χ1n) is 12.0. The molecule has 0 saturated carbocycles. The molecule has 0 aromatic heterocycles. The number of aliphatic hydroxyl groups is 4. The van der Waals surface area contributed by atoms with E-state index < -0.39 is 72.8 Å². The van der Waals surface area contributed by atoms with E-state index in [1.54, 1.807) is 53.7 Å². The van der Waals surface area contributed by atoms with E-state index in [1.807, 2.05) is 0 Å². The predicted octanol–water partition coefficient (Wildman–Crippen LogP) is 0.779. The van der Waals surface area contributed by atoms with E-state index in [4.69, 9.17) is 23.7 Å². The van der Waals surface area contributed by atoms with Gasteiger partial charge in [0.15, 0.2) is 6.29 Å². The fourth-order valence-electron chi connectivity index (χ4n) is 3.27. The molecule has 0 aliphatic carbocycles. The molecule has 5 N–H and O–H groups in total. The van der Waals surface area contributed by atoms with Crippen molar-refractivity contribution in [3.8, 4) is 5.75 Å². The molecule has 0 unspecified atom stereocenters. The van der Waals surface area contributed by atoms with E-state index in [-0.39, 0.29) is 12.2 Å². The number of hydrogen-bond acceptors (Lipinski definition) is 12. The van der Waals surface area contributed by atoms with Gasteiger partial charge in [-0.2, -0.15) is 0 Å². The number of aliphatic hydroxyl groups excluding tert-OH is 4. The van der Waals surface area contributed by atoms with E-state index in [9.17, 15) is 34.8 Å². The molecule has 38 heavy (non-hydrogen) atoms. The second-order valence-corrected chi connectivity index (χ2v) is 10.8. The average molecular weight is 544 g/mol. The van der Waals surface area contributed by atoms with Crippen molar-refractivity contribution in [2.75, 3.05) is 6.61 Å². The molecule has 0 radical (unpaired) electrons. The molecule has 214 valence electrons. The molecule has 1 aromatic rings. The van der Waals surface area contributed by atoms with Crippen LogP contribution >= 0.6 is 0 Å². The van der Waals surface area contributed by atoms with Crippen LogP contribution in [0.25, 0.3) is 0 Å². The van der Waals surface area contributed by atoms with Gasteiger partial charge in [-0.1, -0.05) is 12.1 Å². The maximum absolute atomic E-state index is 12.9. The number of carbonyl (C=O) groups excluding carboxylic acids is 3. The molecular weight excluding hydrogens is 506 g/mol. The number of carbonyl (C=O) groups is 3.